The number of nitrogens with zero attached hydrogens (tertiary/aromatic N) is 5. The average Bonchev–Trinajstić information content (AvgIpc) is 2.77. The lowest BCUT2D eigenvalue weighted by atomic mass is 10.3. The predicted molar refractivity (Wildman–Crippen MR) is 65.6 cm³/mol. The Morgan fingerprint density at radius 2 is 2.33 bits per heavy atom. The van der Waals surface area contributed by atoms with Crippen LogP contribution in [0.3, 0.4) is 0 Å². The largest absolute Gasteiger partial charge is 0.481 e. The lowest BCUT2D eigenvalue weighted by Gasteiger charge is -2.04. The second-order valence-corrected chi connectivity index (χ2v) is 4.41. The number of carboxylic acid groups (broad SMARTS) is 1. The normalized spacial score (nSPS) is 10.5. The molecule has 0 aliphatic heterocycles. The Morgan fingerprint density at radius 1 is 1.50 bits per heavy atom. The average molecular weight is 312 g/mol. The zero-order chi connectivity index (χ0) is 13.0. The SMILES string of the molecule is O=C(O)CCCn1nnnc1-c1ncccc1Br. The quantitative estimate of drug-likeness (QED) is 0.896. The van der Waals surface area contributed by atoms with Gasteiger partial charge in [-0.05, 0) is 44.9 Å². The molecule has 0 amide bonds. The van der Waals surface area contributed by atoms with E-state index in [2.05, 4.69) is 36.4 Å². The lowest BCUT2D eigenvalue weighted by molar-refractivity contribution is -0.137. The number of carbonyl (C=O) groups is 1. The summed E-state index contributed by atoms with van der Waals surface area (Å²) in [4.78, 5) is 14.7. The molecule has 18 heavy (non-hydrogen) atoms. The van der Waals surface area contributed by atoms with E-state index in [0.717, 1.165) is 4.47 Å². The molecule has 2 aromatic rings. The molecule has 0 unspecified atom stereocenters. The number of hydrogen-bond donors (Lipinski definition) is 1. The van der Waals surface area contributed by atoms with Gasteiger partial charge in [-0.15, -0.1) is 5.10 Å². The highest BCUT2D eigenvalue weighted by Crippen LogP contribution is 2.23. The number of halogens is 1. The number of rotatable bonds is 5. The Balaban J connectivity index is 2.18. The summed E-state index contributed by atoms with van der Waals surface area (Å²) in [5.41, 5.74) is 0.637. The fourth-order valence-corrected chi connectivity index (χ4v) is 1.89. The first-order valence-corrected chi connectivity index (χ1v) is 6.06. The summed E-state index contributed by atoms with van der Waals surface area (Å²) in [7, 11) is 0. The molecular formula is C10H10BrN5O2. The highest BCUT2D eigenvalue weighted by molar-refractivity contribution is 9.10. The zero-order valence-electron chi connectivity index (χ0n) is 9.32. The van der Waals surface area contributed by atoms with Crippen molar-refractivity contribution in [3.63, 3.8) is 0 Å². The van der Waals surface area contributed by atoms with Crippen LogP contribution in [0.4, 0.5) is 0 Å². The minimum atomic E-state index is -0.830. The van der Waals surface area contributed by atoms with Crippen LogP contribution in [0.25, 0.3) is 11.5 Å². The van der Waals surface area contributed by atoms with E-state index in [4.69, 9.17) is 5.11 Å². The first kappa shape index (κ1) is 12.6. The summed E-state index contributed by atoms with van der Waals surface area (Å²) in [6, 6.07) is 3.64. The maximum atomic E-state index is 10.5. The minimum Gasteiger partial charge on any atom is -0.481 e. The van der Waals surface area contributed by atoms with Crippen molar-refractivity contribution in [3.8, 4) is 11.5 Å². The molecule has 0 saturated carbocycles. The van der Waals surface area contributed by atoms with Gasteiger partial charge in [0.15, 0.2) is 0 Å². The first-order chi connectivity index (χ1) is 8.68. The second-order valence-electron chi connectivity index (χ2n) is 3.56. The van der Waals surface area contributed by atoms with Gasteiger partial charge in [-0.3, -0.25) is 9.78 Å². The molecule has 0 aliphatic carbocycles. The van der Waals surface area contributed by atoms with Crippen molar-refractivity contribution in [3.05, 3.63) is 22.8 Å². The van der Waals surface area contributed by atoms with Crippen molar-refractivity contribution >= 4 is 21.9 Å². The molecule has 2 rings (SSSR count). The molecule has 2 aromatic heterocycles. The Hall–Kier alpha value is -1.83. The number of aryl methyl sites for hydroxylation is 1. The molecule has 0 aliphatic rings. The van der Waals surface area contributed by atoms with E-state index in [-0.39, 0.29) is 6.42 Å². The van der Waals surface area contributed by atoms with Crippen LogP contribution >= 0.6 is 15.9 Å². The molecule has 94 valence electrons. The van der Waals surface area contributed by atoms with Gasteiger partial charge >= 0.3 is 5.97 Å². The smallest absolute Gasteiger partial charge is 0.303 e. The van der Waals surface area contributed by atoms with Crippen LogP contribution in [-0.4, -0.2) is 36.3 Å². The van der Waals surface area contributed by atoms with E-state index in [0.29, 0.717) is 24.5 Å². The van der Waals surface area contributed by atoms with Gasteiger partial charge in [0, 0.05) is 23.6 Å². The Labute approximate surface area is 111 Å². The van der Waals surface area contributed by atoms with Crippen molar-refractivity contribution in [1.29, 1.82) is 0 Å². The standard InChI is InChI=1S/C10H10BrN5O2/c11-7-3-1-5-12-9(7)10-13-14-15-16(10)6-2-4-8(17)18/h1,3,5H,2,4,6H2,(H,17,18). The van der Waals surface area contributed by atoms with Crippen molar-refractivity contribution in [2.24, 2.45) is 0 Å². The third-order valence-corrected chi connectivity index (χ3v) is 2.90. The number of pyridine rings is 1. The van der Waals surface area contributed by atoms with E-state index < -0.39 is 5.97 Å². The van der Waals surface area contributed by atoms with Crippen LogP contribution in [0.15, 0.2) is 22.8 Å². The van der Waals surface area contributed by atoms with Gasteiger partial charge in [-0.1, -0.05) is 0 Å². The van der Waals surface area contributed by atoms with Crippen molar-refractivity contribution in [2.45, 2.75) is 19.4 Å². The van der Waals surface area contributed by atoms with Crippen LogP contribution in [0.2, 0.25) is 0 Å². The molecule has 2 heterocycles. The lowest BCUT2D eigenvalue weighted by Crippen LogP contribution is -2.06. The summed E-state index contributed by atoms with van der Waals surface area (Å²) in [6.07, 6.45) is 2.21. The van der Waals surface area contributed by atoms with E-state index >= 15 is 0 Å². The topological polar surface area (TPSA) is 93.8 Å². The van der Waals surface area contributed by atoms with E-state index in [1.54, 1.807) is 16.9 Å². The van der Waals surface area contributed by atoms with E-state index in [1.165, 1.54) is 0 Å². The summed E-state index contributed by atoms with van der Waals surface area (Å²) in [6.45, 7) is 0.442. The summed E-state index contributed by atoms with van der Waals surface area (Å²) in [5.74, 6) is -0.309. The molecule has 0 saturated heterocycles. The molecule has 0 aromatic carbocycles. The van der Waals surface area contributed by atoms with Crippen LogP contribution in [0, 0.1) is 0 Å². The molecule has 0 atom stereocenters. The maximum Gasteiger partial charge on any atom is 0.303 e. The van der Waals surface area contributed by atoms with Gasteiger partial charge in [-0.2, -0.15) is 0 Å². The number of hydrogen-bond acceptors (Lipinski definition) is 5. The second kappa shape index (κ2) is 5.67. The number of aromatic nitrogens is 5. The Morgan fingerprint density at radius 3 is 3.06 bits per heavy atom. The molecular weight excluding hydrogens is 302 g/mol. The number of carboxylic acids is 1. The van der Waals surface area contributed by atoms with Gasteiger partial charge in [0.1, 0.15) is 5.69 Å². The van der Waals surface area contributed by atoms with Crippen LogP contribution in [-0.2, 0) is 11.3 Å². The van der Waals surface area contributed by atoms with E-state index in [1.807, 2.05) is 6.07 Å². The molecule has 0 bridgehead atoms. The first-order valence-electron chi connectivity index (χ1n) is 5.27. The monoisotopic (exact) mass is 311 g/mol. The third-order valence-electron chi connectivity index (χ3n) is 2.26. The minimum absolute atomic E-state index is 0.0860. The third kappa shape index (κ3) is 2.89. The molecule has 7 nitrogen and oxygen atoms in total. The van der Waals surface area contributed by atoms with Gasteiger partial charge in [-0.25, -0.2) is 4.68 Å². The fourth-order valence-electron chi connectivity index (χ4n) is 1.46. The number of aliphatic carboxylic acids is 1. The van der Waals surface area contributed by atoms with Crippen molar-refractivity contribution in [1.82, 2.24) is 25.2 Å². The maximum absolute atomic E-state index is 10.5. The Bertz CT molecular complexity index is 557. The van der Waals surface area contributed by atoms with Gasteiger partial charge in [0.05, 0.1) is 0 Å². The van der Waals surface area contributed by atoms with Crippen LogP contribution in [0.5, 0.6) is 0 Å². The van der Waals surface area contributed by atoms with Gasteiger partial charge < -0.3 is 5.11 Å². The number of tetrazole rings is 1. The molecule has 0 spiro atoms. The van der Waals surface area contributed by atoms with Crippen molar-refractivity contribution < 1.29 is 9.90 Å². The molecule has 0 fully saturated rings. The van der Waals surface area contributed by atoms with Gasteiger partial charge in [0.25, 0.3) is 0 Å². The highest BCUT2D eigenvalue weighted by Gasteiger charge is 2.13. The Kier molecular flexibility index (Phi) is 3.98. The summed E-state index contributed by atoms with van der Waals surface area (Å²) in [5, 5.41) is 19.9. The summed E-state index contributed by atoms with van der Waals surface area (Å²) >= 11 is 3.38. The fraction of sp³-hybridized carbons (Fsp3) is 0.300. The van der Waals surface area contributed by atoms with Gasteiger partial charge in [0.2, 0.25) is 5.82 Å². The molecule has 1 N–H and O–H groups in total. The van der Waals surface area contributed by atoms with Crippen molar-refractivity contribution in [2.75, 3.05) is 0 Å². The van der Waals surface area contributed by atoms with E-state index in [9.17, 15) is 4.79 Å². The summed E-state index contributed by atoms with van der Waals surface area (Å²) < 4.78 is 2.34. The molecule has 0 radical (unpaired) electrons. The van der Waals surface area contributed by atoms with Crippen LogP contribution in [0.1, 0.15) is 12.8 Å². The predicted octanol–water partition coefficient (Wildman–Crippen LogP) is 1.36. The molecule has 8 heteroatoms. The highest BCUT2D eigenvalue weighted by atomic mass is 79.9. The zero-order valence-corrected chi connectivity index (χ0v) is 10.9. The van der Waals surface area contributed by atoms with Crippen LogP contribution < -0.4 is 0 Å².